The number of β-amino-alcohol motifs (C(OH)–C–C–N with tert-alkyl or cyclic N) is 1. The SMILES string of the molecule is CNc1cc(N2CCCC(O)C2)nc(N)n1. The number of piperidine rings is 1. The maximum absolute atomic E-state index is 9.60. The van der Waals surface area contributed by atoms with E-state index in [1.54, 1.807) is 7.05 Å². The van der Waals surface area contributed by atoms with Gasteiger partial charge in [0.05, 0.1) is 6.10 Å². The molecule has 0 spiro atoms. The number of aliphatic hydroxyl groups excluding tert-OH is 1. The minimum atomic E-state index is -0.275. The van der Waals surface area contributed by atoms with Crippen molar-refractivity contribution in [1.29, 1.82) is 0 Å². The van der Waals surface area contributed by atoms with Gasteiger partial charge in [-0.25, -0.2) is 0 Å². The van der Waals surface area contributed by atoms with E-state index in [4.69, 9.17) is 5.73 Å². The molecule has 1 fully saturated rings. The Hall–Kier alpha value is -1.56. The first-order valence-electron chi connectivity index (χ1n) is 5.44. The van der Waals surface area contributed by atoms with Gasteiger partial charge in [-0.3, -0.25) is 0 Å². The molecule has 1 atom stereocenters. The van der Waals surface area contributed by atoms with Crippen LogP contribution in [0, 0.1) is 0 Å². The Morgan fingerprint density at radius 1 is 1.56 bits per heavy atom. The number of rotatable bonds is 2. The minimum absolute atomic E-state index is 0.252. The fourth-order valence-corrected chi connectivity index (χ4v) is 1.91. The van der Waals surface area contributed by atoms with Crippen molar-refractivity contribution in [1.82, 2.24) is 9.97 Å². The van der Waals surface area contributed by atoms with Crippen molar-refractivity contribution in [3.8, 4) is 0 Å². The van der Waals surface area contributed by atoms with Crippen LogP contribution in [0.15, 0.2) is 6.07 Å². The summed E-state index contributed by atoms with van der Waals surface area (Å²) >= 11 is 0. The molecule has 1 unspecified atom stereocenters. The maximum atomic E-state index is 9.60. The molecule has 16 heavy (non-hydrogen) atoms. The van der Waals surface area contributed by atoms with E-state index >= 15 is 0 Å². The second-order valence-electron chi connectivity index (χ2n) is 3.96. The van der Waals surface area contributed by atoms with Crippen molar-refractivity contribution in [2.75, 3.05) is 36.1 Å². The van der Waals surface area contributed by atoms with Gasteiger partial charge in [-0.15, -0.1) is 0 Å². The predicted molar refractivity (Wildman–Crippen MR) is 63.4 cm³/mol. The third-order valence-electron chi connectivity index (χ3n) is 2.71. The lowest BCUT2D eigenvalue weighted by molar-refractivity contribution is 0.154. The highest BCUT2D eigenvalue weighted by atomic mass is 16.3. The Balaban J connectivity index is 2.21. The second-order valence-corrected chi connectivity index (χ2v) is 3.96. The molecule has 0 aromatic carbocycles. The number of aliphatic hydroxyl groups is 1. The van der Waals surface area contributed by atoms with Gasteiger partial charge in [-0.05, 0) is 12.8 Å². The molecule has 1 aromatic rings. The number of nitrogens with one attached hydrogen (secondary N) is 1. The molecule has 0 radical (unpaired) electrons. The normalized spacial score (nSPS) is 20.9. The van der Waals surface area contributed by atoms with Crippen LogP contribution in [0.1, 0.15) is 12.8 Å². The monoisotopic (exact) mass is 223 g/mol. The Labute approximate surface area is 94.5 Å². The van der Waals surface area contributed by atoms with Crippen LogP contribution < -0.4 is 16.0 Å². The Bertz CT molecular complexity index is 370. The number of nitrogens with zero attached hydrogens (tertiary/aromatic N) is 3. The van der Waals surface area contributed by atoms with E-state index in [0.29, 0.717) is 12.4 Å². The lowest BCUT2D eigenvalue weighted by atomic mass is 10.1. The number of aromatic nitrogens is 2. The van der Waals surface area contributed by atoms with E-state index in [-0.39, 0.29) is 12.1 Å². The van der Waals surface area contributed by atoms with E-state index in [0.717, 1.165) is 25.2 Å². The van der Waals surface area contributed by atoms with Crippen molar-refractivity contribution in [3.63, 3.8) is 0 Å². The van der Waals surface area contributed by atoms with E-state index in [1.807, 2.05) is 11.0 Å². The molecule has 6 heteroatoms. The van der Waals surface area contributed by atoms with Crippen LogP contribution in [0.2, 0.25) is 0 Å². The molecule has 2 heterocycles. The number of nitrogens with two attached hydrogens (primary N) is 1. The topological polar surface area (TPSA) is 87.3 Å². The molecular formula is C10H17N5O. The molecule has 6 nitrogen and oxygen atoms in total. The van der Waals surface area contributed by atoms with Gasteiger partial charge in [0.2, 0.25) is 5.95 Å². The first-order valence-corrected chi connectivity index (χ1v) is 5.44. The third kappa shape index (κ3) is 2.33. The Kier molecular flexibility index (Phi) is 3.09. The lowest BCUT2D eigenvalue weighted by Gasteiger charge is -2.31. The molecule has 0 bridgehead atoms. The van der Waals surface area contributed by atoms with Gasteiger partial charge in [0.25, 0.3) is 0 Å². The first kappa shape index (κ1) is 10.9. The van der Waals surface area contributed by atoms with E-state index in [1.165, 1.54) is 0 Å². The third-order valence-corrected chi connectivity index (χ3v) is 2.71. The van der Waals surface area contributed by atoms with Gasteiger partial charge in [-0.1, -0.05) is 0 Å². The molecule has 1 aliphatic rings. The summed E-state index contributed by atoms with van der Waals surface area (Å²) in [5.74, 6) is 1.72. The molecule has 0 amide bonds. The van der Waals surface area contributed by atoms with Crippen molar-refractivity contribution >= 4 is 17.6 Å². The number of hydrogen-bond donors (Lipinski definition) is 3. The number of nitrogen functional groups attached to an aromatic ring is 1. The Morgan fingerprint density at radius 2 is 2.38 bits per heavy atom. The quantitative estimate of drug-likeness (QED) is 0.657. The van der Waals surface area contributed by atoms with Crippen molar-refractivity contribution in [3.05, 3.63) is 6.07 Å². The molecular weight excluding hydrogens is 206 g/mol. The van der Waals surface area contributed by atoms with Crippen LogP contribution in [0.25, 0.3) is 0 Å². The summed E-state index contributed by atoms with van der Waals surface area (Å²) < 4.78 is 0. The van der Waals surface area contributed by atoms with Crippen LogP contribution in [0.4, 0.5) is 17.6 Å². The fraction of sp³-hybridized carbons (Fsp3) is 0.600. The second kappa shape index (κ2) is 4.52. The highest BCUT2D eigenvalue weighted by Crippen LogP contribution is 2.20. The van der Waals surface area contributed by atoms with Gasteiger partial charge < -0.3 is 21.1 Å². The van der Waals surface area contributed by atoms with Crippen LogP contribution >= 0.6 is 0 Å². The van der Waals surface area contributed by atoms with E-state index in [2.05, 4.69) is 15.3 Å². The molecule has 1 saturated heterocycles. The predicted octanol–water partition coefficient (Wildman–Crippen LogP) is 0.0616. The molecule has 0 aliphatic carbocycles. The number of hydrogen-bond acceptors (Lipinski definition) is 6. The molecule has 88 valence electrons. The van der Waals surface area contributed by atoms with Crippen LogP contribution in [-0.2, 0) is 0 Å². The summed E-state index contributed by atoms with van der Waals surface area (Å²) in [6.07, 6.45) is 1.55. The molecule has 1 aliphatic heterocycles. The standard InChI is InChI=1S/C10H17N5O/c1-12-8-5-9(14-10(11)13-8)15-4-2-3-7(16)6-15/h5,7,16H,2-4,6H2,1H3,(H3,11,12,13,14). The average Bonchev–Trinajstić information content (AvgIpc) is 2.28. The van der Waals surface area contributed by atoms with Crippen molar-refractivity contribution in [2.24, 2.45) is 0 Å². The van der Waals surface area contributed by atoms with Gasteiger partial charge in [0, 0.05) is 26.2 Å². The van der Waals surface area contributed by atoms with Gasteiger partial charge in [0.15, 0.2) is 0 Å². The van der Waals surface area contributed by atoms with Crippen LogP contribution in [0.5, 0.6) is 0 Å². The highest BCUT2D eigenvalue weighted by Gasteiger charge is 2.19. The summed E-state index contributed by atoms with van der Waals surface area (Å²) in [6.45, 7) is 1.51. The molecule has 1 aromatic heterocycles. The highest BCUT2D eigenvalue weighted by molar-refractivity contribution is 5.52. The smallest absolute Gasteiger partial charge is 0.223 e. The van der Waals surface area contributed by atoms with Crippen molar-refractivity contribution < 1.29 is 5.11 Å². The molecule has 2 rings (SSSR count). The van der Waals surface area contributed by atoms with Crippen LogP contribution in [0.3, 0.4) is 0 Å². The summed E-state index contributed by atoms with van der Waals surface area (Å²) in [5.41, 5.74) is 5.62. The zero-order valence-electron chi connectivity index (χ0n) is 9.35. The largest absolute Gasteiger partial charge is 0.391 e. The lowest BCUT2D eigenvalue weighted by Crippen LogP contribution is -2.38. The average molecular weight is 223 g/mol. The van der Waals surface area contributed by atoms with Gasteiger partial charge in [0.1, 0.15) is 11.6 Å². The summed E-state index contributed by atoms with van der Waals surface area (Å²) in [5, 5.41) is 12.5. The molecule has 4 N–H and O–H groups in total. The van der Waals surface area contributed by atoms with Crippen LogP contribution in [-0.4, -0.2) is 41.3 Å². The summed E-state index contributed by atoms with van der Waals surface area (Å²) in [6, 6.07) is 1.84. The van der Waals surface area contributed by atoms with Crippen molar-refractivity contribution in [2.45, 2.75) is 18.9 Å². The minimum Gasteiger partial charge on any atom is -0.391 e. The van der Waals surface area contributed by atoms with Gasteiger partial charge in [-0.2, -0.15) is 9.97 Å². The molecule has 0 saturated carbocycles. The first-order chi connectivity index (χ1) is 7.69. The zero-order chi connectivity index (χ0) is 11.5. The summed E-state index contributed by atoms with van der Waals surface area (Å²) in [4.78, 5) is 10.2. The van der Waals surface area contributed by atoms with E-state index in [9.17, 15) is 5.11 Å². The number of anilines is 3. The Morgan fingerprint density at radius 3 is 3.06 bits per heavy atom. The fourth-order valence-electron chi connectivity index (χ4n) is 1.91. The zero-order valence-corrected chi connectivity index (χ0v) is 9.35. The van der Waals surface area contributed by atoms with E-state index < -0.39 is 0 Å². The summed E-state index contributed by atoms with van der Waals surface area (Å²) in [7, 11) is 1.79. The van der Waals surface area contributed by atoms with Gasteiger partial charge >= 0.3 is 0 Å². The maximum Gasteiger partial charge on any atom is 0.223 e.